The fourth-order valence-electron chi connectivity index (χ4n) is 3.41. The van der Waals surface area contributed by atoms with Gasteiger partial charge in [0.05, 0.1) is 12.6 Å². The highest BCUT2D eigenvalue weighted by atomic mass is 16.2. The van der Waals surface area contributed by atoms with Crippen molar-refractivity contribution in [3.05, 3.63) is 0 Å². The van der Waals surface area contributed by atoms with Crippen molar-refractivity contribution in [2.45, 2.75) is 44.6 Å². The number of hydrogen-bond donors (Lipinski definition) is 1. The van der Waals surface area contributed by atoms with Crippen LogP contribution in [0.25, 0.3) is 0 Å². The van der Waals surface area contributed by atoms with Crippen LogP contribution < -0.4 is 5.32 Å². The van der Waals surface area contributed by atoms with Gasteiger partial charge in [0.2, 0.25) is 11.8 Å². The van der Waals surface area contributed by atoms with E-state index in [1.165, 1.54) is 30.6 Å². The second-order valence-electron chi connectivity index (χ2n) is 6.06. The Morgan fingerprint density at radius 2 is 1.90 bits per heavy atom. The minimum Gasteiger partial charge on any atom is -0.338 e. The standard InChI is InChI=1S/C14H21N3O3/c18-12(6-5-10-3-1-2-4-10)16-8-11(9-16)17-13(19)7-15-14(17)20/h10-11H,1-9H2,(H,15,20). The number of rotatable bonds is 4. The largest absolute Gasteiger partial charge is 0.338 e. The maximum atomic E-state index is 12.0. The van der Waals surface area contributed by atoms with Gasteiger partial charge in [0.15, 0.2) is 0 Å². The van der Waals surface area contributed by atoms with Crippen molar-refractivity contribution in [2.75, 3.05) is 19.6 Å². The molecule has 1 aliphatic carbocycles. The third-order valence-corrected chi connectivity index (χ3v) is 4.70. The number of hydrogen-bond acceptors (Lipinski definition) is 3. The van der Waals surface area contributed by atoms with Crippen molar-refractivity contribution in [1.29, 1.82) is 0 Å². The Morgan fingerprint density at radius 1 is 1.20 bits per heavy atom. The molecule has 6 heteroatoms. The molecule has 20 heavy (non-hydrogen) atoms. The van der Waals surface area contributed by atoms with Crippen LogP contribution in [0.5, 0.6) is 0 Å². The normalized spacial score (nSPS) is 24.2. The maximum Gasteiger partial charge on any atom is 0.324 e. The predicted octanol–water partition coefficient (Wildman–Crippen LogP) is 0.719. The highest BCUT2D eigenvalue weighted by Gasteiger charge is 2.42. The molecule has 0 spiro atoms. The van der Waals surface area contributed by atoms with E-state index in [0.29, 0.717) is 19.5 Å². The smallest absolute Gasteiger partial charge is 0.324 e. The molecule has 4 amide bonds. The molecule has 6 nitrogen and oxygen atoms in total. The third-order valence-electron chi connectivity index (χ3n) is 4.70. The van der Waals surface area contributed by atoms with Crippen LogP contribution in [0.4, 0.5) is 4.79 Å². The van der Waals surface area contributed by atoms with Gasteiger partial charge in [0.1, 0.15) is 0 Å². The molecule has 0 bridgehead atoms. The minimum absolute atomic E-state index is 0.0883. The number of carbonyl (C=O) groups excluding carboxylic acids is 3. The quantitative estimate of drug-likeness (QED) is 0.771. The summed E-state index contributed by atoms with van der Waals surface area (Å²) < 4.78 is 0. The maximum absolute atomic E-state index is 12.0. The van der Waals surface area contributed by atoms with Gasteiger partial charge in [-0.05, 0) is 12.3 Å². The Kier molecular flexibility index (Phi) is 3.63. The molecular formula is C14H21N3O3. The van der Waals surface area contributed by atoms with Crippen LogP contribution >= 0.6 is 0 Å². The minimum atomic E-state index is -0.321. The van der Waals surface area contributed by atoms with E-state index in [0.717, 1.165) is 12.3 Å². The fourth-order valence-corrected chi connectivity index (χ4v) is 3.41. The highest BCUT2D eigenvalue weighted by Crippen LogP contribution is 2.29. The Bertz CT molecular complexity index is 409. The van der Waals surface area contributed by atoms with Crippen LogP contribution in [-0.4, -0.2) is 53.3 Å². The molecule has 0 unspecified atom stereocenters. The summed E-state index contributed by atoms with van der Waals surface area (Å²) in [5.74, 6) is 0.709. The van der Waals surface area contributed by atoms with Crippen LogP contribution in [0, 0.1) is 5.92 Å². The van der Waals surface area contributed by atoms with Crippen LogP contribution in [0.2, 0.25) is 0 Å². The number of carbonyl (C=O) groups is 3. The summed E-state index contributed by atoms with van der Waals surface area (Å²) in [6.45, 7) is 1.09. The molecule has 0 radical (unpaired) electrons. The van der Waals surface area contributed by atoms with Crippen molar-refractivity contribution in [2.24, 2.45) is 5.92 Å². The molecule has 3 aliphatic rings. The van der Waals surface area contributed by atoms with Crippen molar-refractivity contribution >= 4 is 17.8 Å². The first kappa shape index (κ1) is 13.4. The monoisotopic (exact) mass is 279 g/mol. The number of nitrogens with zero attached hydrogens (tertiary/aromatic N) is 2. The molecule has 0 aromatic rings. The van der Waals surface area contributed by atoms with Gasteiger partial charge in [-0.2, -0.15) is 0 Å². The summed E-state index contributed by atoms with van der Waals surface area (Å²) in [5, 5.41) is 2.51. The molecule has 2 heterocycles. The van der Waals surface area contributed by atoms with E-state index in [9.17, 15) is 14.4 Å². The van der Waals surface area contributed by atoms with Crippen LogP contribution in [-0.2, 0) is 9.59 Å². The lowest BCUT2D eigenvalue weighted by Gasteiger charge is -2.42. The van der Waals surface area contributed by atoms with Gasteiger partial charge in [0.25, 0.3) is 0 Å². The molecule has 2 saturated heterocycles. The molecule has 1 N–H and O–H groups in total. The van der Waals surface area contributed by atoms with E-state index in [-0.39, 0.29) is 30.4 Å². The second-order valence-corrected chi connectivity index (χ2v) is 6.06. The summed E-state index contributed by atoms with van der Waals surface area (Å²) in [7, 11) is 0. The highest BCUT2D eigenvalue weighted by molar-refractivity contribution is 6.02. The van der Waals surface area contributed by atoms with E-state index >= 15 is 0 Å². The summed E-state index contributed by atoms with van der Waals surface area (Å²) in [4.78, 5) is 38.1. The summed E-state index contributed by atoms with van der Waals surface area (Å²) in [5.41, 5.74) is 0. The van der Waals surface area contributed by atoms with Crippen molar-refractivity contribution in [3.63, 3.8) is 0 Å². The molecule has 0 atom stereocenters. The van der Waals surface area contributed by atoms with E-state index < -0.39 is 0 Å². The molecule has 2 aliphatic heterocycles. The lowest BCUT2D eigenvalue weighted by atomic mass is 10.00. The molecule has 1 saturated carbocycles. The van der Waals surface area contributed by atoms with Gasteiger partial charge in [-0.15, -0.1) is 0 Å². The predicted molar refractivity (Wildman–Crippen MR) is 71.8 cm³/mol. The Balaban J connectivity index is 1.41. The fraction of sp³-hybridized carbons (Fsp3) is 0.786. The summed E-state index contributed by atoms with van der Waals surface area (Å²) >= 11 is 0. The number of amides is 4. The number of urea groups is 1. The van der Waals surface area contributed by atoms with E-state index in [2.05, 4.69) is 5.32 Å². The van der Waals surface area contributed by atoms with Crippen molar-refractivity contribution in [1.82, 2.24) is 15.1 Å². The topological polar surface area (TPSA) is 69.7 Å². The molecule has 110 valence electrons. The first-order chi connectivity index (χ1) is 9.65. The molecule has 3 fully saturated rings. The summed E-state index contributed by atoms with van der Waals surface area (Å²) in [6.07, 6.45) is 6.73. The third kappa shape index (κ3) is 2.51. The zero-order chi connectivity index (χ0) is 14.1. The van der Waals surface area contributed by atoms with Gasteiger partial charge in [-0.1, -0.05) is 25.7 Å². The van der Waals surface area contributed by atoms with Gasteiger partial charge in [-0.25, -0.2) is 4.79 Å². The van der Waals surface area contributed by atoms with Crippen LogP contribution in [0.1, 0.15) is 38.5 Å². The lowest BCUT2D eigenvalue weighted by Crippen LogP contribution is -2.62. The average molecular weight is 279 g/mol. The first-order valence-corrected chi connectivity index (χ1v) is 7.53. The zero-order valence-corrected chi connectivity index (χ0v) is 11.6. The van der Waals surface area contributed by atoms with Gasteiger partial charge in [-0.3, -0.25) is 14.5 Å². The molecule has 0 aromatic carbocycles. The SMILES string of the molecule is O=C(CCC1CCCC1)N1CC(N2C(=O)CNC2=O)C1. The van der Waals surface area contributed by atoms with Gasteiger partial charge < -0.3 is 10.2 Å². The zero-order valence-electron chi connectivity index (χ0n) is 11.6. The van der Waals surface area contributed by atoms with Gasteiger partial charge >= 0.3 is 6.03 Å². The first-order valence-electron chi connectivity index (χ1n) is 7.53. The Labute approximate surface area is 118 Å². The van der Waals surface area contributed by atoms with Crippen molar-refractivity contribution < 1.29 is 14.4 Å². The molecular weight excluding hydrogens is 258 g/mol. The lowest BCUT2D eigenvalue weighted by molar-refractivity contribution is -0.142. The molecule has 0 aromatic heterocycles. The summed E-state index contributed by atoms with van der Waals surface area (Å²) in [6, 6.07) is -0.446. The van der Waals surface area contributed by atoms with E-state index in [1.807, 2.05) is 0 Å². The van der Waals surface area contributed by atoms with Crippen molar-refractivity contribution in [3.8, 4) is 0 Å². The van der Waals surface area contributed by atoms with E-state index in [1.54, 1.807) is 4.90 Å². The Hall–Kier alpha value is -1.59. The average Bonchev–Trinajstić information content (AvgIpc) is 2.99. The molecule has 3 rings (SSSR count). The van der Waals surface area contributed by atoms with Crippen LogP contribution in [0.15, 0.2) is 0 Å². The number of nitrogens with one attached hydrogen (secondary N) is 1. The number of imide groups is 1. The second kappa shape index (κ2) is 5.42. The number of likely N-dealkylation sites (tertiary alicyclic amines) is 1. The Morgan fingerprint density at radius 3 is 2.50 bits per heavy atom. The van der Waals surface area contributed by atoms with Crippen LogP contribution in [0.3, 0.4) is 0 Å². The van der Waals surface area contributed by atoms with Gasteiger partial charge in [0, 0.05) is 19.5 Å². The van der Waals surface area contributed by atoms with E-state index in [4.69, 9.17) is 0 Å².